The number of benzene rings is 2. The molecule has 4 nitrogen and oxygen atoms in total. The van der Waals surface area contributed by atoms with Crippen LogP contribution in [0.2, 0.25) is 0 Å². The van der Waals surface area contributed by atoms with Gasteiger partial charge >= 0.3 is 0 Å². The predicted molar refractivity (Wildman–Crippen MR) is 93.1 cm³/mol. The highest BCUT2D eigenvalue weighted by Gasteiger charge is 1.99. The van der Waals surface area contributed by atoms with Crippen molar-refractivity contribution in [3.05, 3.63) is 78.9 Å². The van der Waals surface area contributed by atoms with E-state index in [9.17, 15) is 0 Å². The van der Waals surface area contributed by atoms with Gasteiger partial charge in [-0.3, -0.25) is 0 Å². The first-order valence-electron chi connectivity index (χ1n) is 6.98. The van der Waals surface area contributed by atoms with E-state index >= 15 is 0 Å². The van der Waals surface area contributed by atoms with Crippen LogP contribution < -0.4 is 10.6 Å². The molecule has 1 aromatic heterocycles. The Bertz CT molecular complexity index is 721. The van der Waals surface area contributed by atoms with Gasteiger partial charge in [0.15, 0.2) is 5.11 Å². The lowest BCUT2D eigenvalue weighted by Crippen LogP contribution is -2.27. The molecule has 0 aliphatic carbocycles. The molecule has 0 atom stereocenters. The Morgan fingerprint density at radius 1 is 1.05 bits per heavy atom. The van der Waals surface area contributed by atoms with E-state index in [2.05, 4.69) is 39.9 Å². The minimum absolute atomic E-state index is 0.616. The van der Waals surface area contributed by atoms with E-state index in [1.54, 1.807) is 12.5 Å². The predicted octanol–water partition coefficient (Wildman–Crippen LogP) is 3.36. The number of thiocarbonyl (C=S) groups is 1. The van der Waals surface area contributed by atoms with Gasteiger partial charge in [-0.2, -0.15) is 0 Å². The van der Waals surface area contributed by atoms with Crippen molar-refractivity contribution in [3.8, 4) is 5.69 Å². The van der Waals surface area contributed by atoms with E-state index in [1.165, 1.54) is 5.56 Å². The van der Waals surface area contributed by atoms with Gasteiger partial charge < -0.3 is 15.2 Å². The van der Waals surface area contributed by atoms with Crippen LogP contribution >= 0.6 is 12.2 Å². The van der Waals surface area contributed by atoms with Crippen molar-refractivity contribution in [3.63, 3.8) is 0 Å². The Morgan fingerprint density at radius 3 is 2.50 bits per heavy atom. The first-order chi connectivity index (χ1) is 10.8. The average molecular weight is 308 g/mol. The summed E-state index contributed by atoms with van der Waals surface area (Å²) in [6.45, 7) is 0.683. The monoisotopic (exact) mass is 308 g/mol. The van der Waals surface area contributed by atoms with Crippen molar-refractivity contribution >= 4 is 23.0 Å². The lowest BCUT2D eigenvalue weighted by Gasteiger charge is -2.11. The minimum atomic E-state index is 0.616. The van der Waals surface area contributed by atoms with Crippen LogP contribution in [-0.2, 0) is 6.54 Å². The van der Waals surface area contributed by atoms with Gasteiger partial charge in [0.1, 0.15) is 0 Å². The van der Waals surface area contributed by atoms with Gasteiger partial charge in [-0.15, -0.1) is 0 Å². The smallest absolute Gasteiger partial charge is 0.171 e. The van der Waals surface area contributed by atoms with Crippen LogP contribution in [0.25, 0.3) is 5.69 Å². The summed E-state index contributed by atoms with van der Waals surface area (Å²) >= 11 is 5.29. The highest BCUT2D eigenvalue weighted by atomic mass is 32.1. The van der Waals surface area contributed by atoms with Gasteiger partial charge in [-0.05, 0) is 42.0 Å². The van der Waals surface area contributed by atoms with Crippen molar-refractivity contribution < 1.29 is 0 Å². The summed E-state index contributed by atoms with van der Waals surface area (Å²) in [6, 6.07) is 18.2. The van der Waals surface area contributed by atoms with E-state index in [0.29, 0.717) is 11.7 Å². The Hall–Kier alpha value is -2.66. The number of hydrogen-bond acceptors (Lipinski definition) is 2. The maximum atomic E-state index is 5.29. The van der Waals surface area contributed by atoms with Crippen LogP contribution in [0, 0.1) is 0 Å². The molecule has 5 heteroatoms. The van der Waals surface area contributed by atoms with E-state index in [0.717, 1.165) is 11.4 Å². The van der Waals surface area contributed by atoms with Crippen LogP contribution in [-0.4, -0.2) is 14.7 Å². The molecule has 2 aromatic carbocycles. The second-order valence-corrected chi connectivity index (χ2v) is 5.22. The molecule has 0 bridgehead atoms. The molecule has 0 aliphatic rings. The van der Waals surface area contributed by atoms with Gasteiger partial charge in [-0.25, -0.2) is 4.98 Å². The molecule has 0 spiro atoms. The Kier molecular flexibility index (Phi) is 4.46. The fourth-order valence-corrected chi connectivity index (χ4v) is 2.27. The van der Waals surface area contributed by atoms with E-state index in [1.807, 2.05) is 41.1 Å². The molecule has 22 heavy (non-hydrogen) atoms. The topological polar surface area (TPSA) is 41.9 Å². The maximum Gasteiger partial charge on any atom is 0.171 e. The number of para-hydroxylation sites is 1. The van der Waals surface area contributed by atoms with Crippen LogP contribution in [0.4, 0.5) is 5.69 Å². The van der Waals surface area contributed by atoms with Gasteiger partial charge in [0.25, 0.3) is 0 Å². The highest BCUT2D eigenvalue weighted by Crippen LogP contribution is 2.09. The van der Waals surface area contributed by atoms with E-state index < -0.39 is 0 Å². The van der Waals surface area contributed by atoms with Crippen molar-refractivity contribution in [2.75, 3.05) is 5.32 Å². The number of rotatable bonds is 4. The molecule has 3 rings (SSSR count). The summed E-state index contributed by atoms with van der Waals surface area (Å²) in [5, 5.41) is 6.97. The third-order valence-electron chi connectivity index (χ3n) is 3.22. The summed E-state index contributed by atoms with van der Waals surface area (Å²) < 4.78 is 1.97. The van der Waals surface area contributed by atoms with E-state index in [-0.39, 0.29) is 0 Å². The van der Waals surface area contributed by atoms with Crippen LogP contribution in [0.15, 0.2) is 73.3 Å². The Morgan fingerprint density at radius 2 is 1.82 bits per heavy atom. The molecule has 0 radical (unpaired) electrons. The highest BCUT2D eigenvalue weighted by molar-refractivity contribution is 7.80. The molecule has 3 aromatic rings. The molecule has 1 heterocycles. The summed E-state index contributed by atoms with van der Waals surface area (Å²) in [6.07, 6.45) is 5.47. The first kappa shape index (κ1) is 14.3. The molecule has 0 fully saturated rings. The average Bonchev–Trinajstić information content (AvgIpc) is 3.09. The Balaban J connectivity index is 1.54. The normalized spacial score (nSPS) is 10.2. The fraction of sp³-hybridized carbons (Fsp3) is 0.0588. The quantitative estimate of drug-likeness (QED) is 0.725. The van der Waals surface area contributed by atoms with Gasteiger partial charge in [0.05, 0.1) is 6.33 Å². The van der Waals surface area contributed by atoms with Gasteiger partial charge in [0.2, 0.25) is 0 Å². The van der Waals surface area contributed by atoms with Crippen LogP contribution in [0.5, 0.6) is 0 Å². The third kappa shape index (κ3) is 3.71. The number of anilines is 1. The third-order valence-corrected chi connectivity index (χ3v) is 3.47. The molecular formula is C17H16N4S. The second kappa shape index (κ2) is 6.87. The minimum Gasteiger partial charge on any atom is -0.358 e. The van der Waals surface area contributed by atoms with Crippen molar-refractivity contribution in [1.82, 2.24) is 14.9 Å². The number of hydrogen-bond donors (Lipinski definition) is 2. The zero-order chi connectivity index (χ0) is 15.2. The van der Waals surface area contributed by atoms with Gasteiger partial charge in [-0.1, -0.05) is 30.3 Å². The maximum absolute atomic E-state index is 5.29. The molecule has 110 valence electrons. The van der Waals surface area contributed by atoms with Crippen LogP contribution in [0.1, 0.15) is 5.56 Å². The molecule has 0 saturated carbocycles. The number of nitrogens with zero attached hydrogens (tertiary/aromatic N) is 2. The molecule has 2 N–H and O–H groups in total. The standard InChI is InChI=1S/C17H16N4S/c22-17(20-15-4-2-1-3-5-15)19-12-14-6-8-16(9-7-14)21-11-10-18-13-21/h1-11,13H,12H2,(H2,19,20,22). The summed E-state index contributed by atoms with van der Waals surface area (Å²) in [7, 11) is 0. The molecule has 0 aliphatic heterocycles. The van der Waals surface area contributed by atoms with Crippen molar-refractivity contribution in [2.24, 2.45) is 0 Å². The fourth-order valence-electron chi connectivity index (χ4n) is 2.08. The number of aromatic nitrogens is 2. The molecular weight excluding hydrogens is 292 g/mol. The lowest BCUT2D eigenvalue weighted by atomic mass is 10.2. The first-order valence-corrected chi connectivity index (χ1v) is 7.39. The van der Waals surface area contributed by atoms with Crippen LogP contribution in [0.3, 0.4) is 0 Å². The number of nitrogens with one attached hydrogen (secondary N) is 2. The second-order valence-electron chi connectivity index (χ2n) is 4.81. The van der Waals surface area contributed by atoms with E-state index in [4.69, 9.17) is 12.2 Å². The molecule has 0 amide bonds. The zero-order valence-electron chi connectivity index (χ0n) is 11.9. The molecule has 0 unspecified atom stereocenters. The summed E-state index contributed by atoms with van der Waals surface area (Å²) in [5.41, 5.74) is 3.24. The Labute approximate surface area is 134 Å². The largest absolute Gasteiger partial charge is 0.358 e. The molecule has 0 saturated heterocycles. The SMILES string of the molecule is S=C(NCc1ccc(-n2ccnc2)cc1)Nc1ccccc1. The lowest BCUT2D eigenvalue weighted by molar-refractivity contribution is 0.923. The summed E-state index contributed by atoms with van der Waals surface area (Å²) in [5.74, 6) is 0. The number of imidazole rings is 1. The van der Waals surface area contributed by atoms with Crippen molar-refractivity contribution in [2.45, 2.75) is 6.54 Å². The summed E-state index contributed by atoms with van der Waals surface area (Å²) in [4.78, 5) is 4.05. The van der Waals surface area contributed by atoms with Gasteiger partial charge in [0, 0.05) is 30.3 Å². The zero-order valence-corrected chi connectivity index (χ0v) is 12.8. The van der Waals surface area contributed by atoms with Crippen molar-refractivity contribution in [1.29, 1.82) is 0 Å².